The maximum atomic E-state index is 13.2. The summed E-state index contributed by atoms with van der Waals surface area (Å²) in [5.41, 5.74) is 1.41. The summed E-state index contributed by atoms with van der Waals surface area (Å²) in [6, 6.07) is 2.21. The highest BCUT2D eigenvalue weighted by molar-refractivity contribution is 6.20. The van der Waals surface area contributed by atoms with E-state index in [2.05, 4.69) is 20.6 Å². The first-order chi connectivity index (χ1) is 15.3. The Bertz CT molecular complexity index is 1120. The molecular formula is C22H23N5O5. The van der Waals surface area contributed by atoms with Gasteiger partial charge >= 0.3 is 6.03 Å². The number of carbonyl (C=O) groups excluding carboxylic acids is 3. The number of nitrogens with zero attached hydrogens (tertiary/aromatic N) is 3. The number of anilines is 1. The largest absolute Gasteiger partial charge is 0.496 e. The lowest BCUT2D eigenvalue weighted by Crippen LogP contribution is -2.75. The van der Waals surface area contributed by atoms with Crippen LogP contribution in [0.3, 0.4) is 0 Å². The minimum absolute atomic E-state index is 0.106. The van der Waals surface area contributed by atoms with Crippen molar-refractivity contribution in [1.29, 1.82) is 0 Å². The molecular weight excluding hydrogens is 414 g/mol. The molecule has 3 aliphatic heterocycles. The molecule has 0 unspecified atom stereocenters. The third kappa shape index (κ3) is 2.86. The standard InChI is InChI=1S/C22H23N5O5/c1-11-10-27-16-9-24-15(14-8-23-5-4-17(14)31-3)6-13(16)7-22(18(27)12(2)32-11)19(28)25-21(30)26-20(22)29/h4-6,8-9,11-12,18H,7,10H2,1-3H3,(H2,25,26,28,29,30)/t11-,12+,18-/m1/s1. The Morgan fingerprint density at radius 3 is 2.66 bits per heavy atom. The number of barbiturate groups is 1. The molecule has 0 saturated carbocycles. The van der Waals surface area contributed by atoms with Gasteiger partial charge in [0.25, 0.3) is 0 Å². The molecule has 0 radical (unpaired) electrons. The normalized spacial score (nSPS) is 26.2. The molecule has 5 rings (SSSR count). The van der Waals surface area contributed by atoms with Crippen LogP contribution in [0.2, 0.25) is 0 Å². The lowest BCUT2D eigenvalue weighted by Gasteiger charge is -2.55. The molecule has 2 aromatic heterocycles. The minimum Gasteiger partial charge on any atom is -0.496 e. The molecule has 0 aromatic carbocycles. The summed E-state index contributed by atoms with van der Waals surface area (Å²) in [6.07, 6.45) is 4.62. The number of amides is 4. The summed E-state index contributed by atoms with van der Waals surface area (Å²) in [6.45, 7) is 4.27. The molecule has 5 heterocycles. The van der Waals surface area contributed by atoms with Crippen LogP contribution in [0.15, 0.2) is 30.7 Å². The number of urea groups is 1. The summed E-state index contributed by atoms with van der Waals surface area (Å²) in [5.74, 6) is -0.619. The number of imide groups is 2. The predicted molar refractivity (Wildman–Crippen MR) is 113 cm³/mol. The number of morpholine rings is 1. The number of pyridine rings is 2. The van der Waals surface area contributed by atoms with Crippen LogP contribution < -0.4 is 20.3 Å². The van der Waals surface area contributed by atoms with Crippen LogP contribution >= 0.6 is 0 Å². The van der Waals surface area contributed by atoms with Gasteiger partial charge in [0.15, 0.2) is 5.41 Å². The Labute approximate surface area is 184 Å². The second-order valence-corrected chi connectivity index (χ2v) is 8.41. The highest BCUT2D eigenvalue weighted by atomic mass is 16.5. The number of hydrogen-bond acceptors (Lipinski definition) is 8. The molecule has 1 spiro atoms. The Balaban J connectivity index is 1.68. The van der Waals surface area contributed by atoms with E-state index >= 15 is 0 Å². The number of methoxy groups -OCH3 is 1. The number of ether oxygens (including phenoxy) is 2. The van der Waals surface area contributed by atoms with E-state index < -0.39 is 35.4 Å². The van der Waals surface area contributed by atoms with Crippen LogP contribution in [0, 0.1) is 5.41 Å². The van der Waals surface area contributed by atoms with Gasteiger partial charge in [0.05, 0.1) is 48.5 Å². The van der Waals surface area contributed by atoms with Crippen molar-refractivity contribution in [2.45, 2.75) is 38.5 Å². The quantitative estimate of drug-likeness (QED) is 0.669. The summed E-state index contributed by atoms with van der Waals surface area (Å²) >= 11 is 0. The third-order valence-corrected chi connectivity index (χ3v) is 6.47. The van der Waals surface area contributed by atoms with Gasteiger partial charge in [0.2, 0.25) is 11.8 Å². The molecule has 0 bridgehead atoms. The maximum absolute atomic E-state index is 13.2. The van der Waals surface area contributed by atoms with Crippen molar-refractivity contribution in [3.63, 3.8) is 0 Å². The second kappa shape index (κ2) is 7.27. The van der Waals surface area contributed by atoms with Crippen LogP contribution in [0.5, 0.6) is 5.75 Å². The average molecular weight is 437 g/mol. The number of hydrogen-bond donors (Lipinski definition) is 2. The predicted octanol–water partition coefficient (Wildman–Crippen LogP) is 1.04. The van der Waals surface area contributed by atoms with Crippen molar-refractivity contribution in [2.75, 3.05) is 18.6 Å². The number of fused-ring (bicyclic) bond motifs is 4. The topological polar surface area (TPSA) is 123 Å². The van der Waals surface area contributed by atoms with Gasteiger partial charge in [-0.25, -0.2) is 4.79 Å². The minimum atomic E-state index is -1.52. The molecule has 0 aliphatic carbocycles. The third-order valence-electron chi connectivity index (χ3n) is 6.47. The number of nitrogens with one attached hydrogen (secondary N) is 2. The maximum Gasteiger partial charge on any atom is 0.328 e. The van der Waals surface area contributed by atoms with E-state index in [-0.39, 0.29) is 12.5 Å². The van der Waals surface area contributed by atoms with Gasteiger partial charge in [0, 0.05) is 25.4 Å². The van der Waals surface area contributed by atoms with Crippen LogP contribution in [-0.2, 0) is 20.7 Å². The molecule has 32 heavy (non-hydrogen) atoms. The fraction of sp³-hybridized carbons (Fsp3) is 0.409. The summed E-state index contributed by atoms with van der Waals surface area (Å²) in [5, 5.41) is 4.59. The summed E-state index contributed by atoms with van der Waals surface area (Å²) in [7, 11) is 1.57. The van der Waals surface area contributed by atoms with Gasteiger partial charge in [0.1, 0.15) is 5.75 Å². The van der Waals surface area contributed by atoms with Gasteiger partial charge < -0.3 is 14.4 Å². The molecule has 2 aromatic rings. The molecule has 4 amide bonds. The van der Waals surface area contributed by atoms with E-state index in [4.69, 9.17) is 9.47 Å². The smallest absolute Gasteiger partial charge is 0.328 e. The molecule has 2 fully saturated rings. The van der Waals surface area contributed by atoms with Crippen molar-refractivity contribution in [2.24, 2.45) is 5.41 Å². The fourth-order valence-electron chi connectivity index (χ4n) is 5.23. The fourth-order valence-corrected chi connectivity index (χ4v) is 5.23. The molecule has 166 valence electrons. The van der Waals surface area contributed by atoms with E-state index in [0.29, 0.717) is 23.6 Å². The molecule has 3 aliphatic rings. The van der Waals surface area contributed by atoms with E-state index in [0.717, 1.165) is 11.3 Å². The highest BCUT2D eigenvalue weighted by Gasteiger charge is 2.62. The second-order valence-electron chi connectivity index (χ2n) is 8.41. The van der Waals surface area contributed by atoms with Gasteiger partial charge in [-0.15, -0.1) is 0 Å². The van der Waals surface area contributed by atoms with Crippen LogP contribution in [0.25, 0.3) is 11.3 Å². The highest BCUT2D eigenvalue weighted by Crippen LogP contribution is 2.47. The lowest BCUT2D eigenvalue weighted by atomic mass is 9.66. The van der Waals surface area contributed by atoms with Crippen molar-refractivity contribution in [3.05, 3.63) is 36.3 Å². The van der Waals surface area contributed by atoms with Gasteiger partial charge in [-0.05, 0) is 31.5 Å². The van der Waals surface area contributed by atoms with Crippen LogP contribution in [0.1, 0.15) is 19.4 Å². The zero-order chi connectivity index (χ0) is 22.6. The number of carbonyl (C=O) groups is 3. The summed E-state index contributed by atoms with van der Waals surface area (Å²) in [4.78, 5) is 49.1. The lowest BCUT2D eigenvalue weighted by molar-refractivity contribution is -0.153. The number of aromatic nitrogens is 2. The van der Waals surface area contributed by atoms with Crippen LogP contribution in [0.4, 0.5) is 10.5 Å². The molecule has 3 atom stereocenters. The zero-order valence-electron chi connectivity index (χ0n) is 17.9. The van der Waals surface area contributed by atoms with E-state index in [1.54, 1.807) is 31.8 Å². The van der Waals surface area contributed by atoms with E-state index in [9.17, 15) is 14.4 Å². The van der Waals surface area contributed by atoms with Crippen molar-refractivity contribution in [1.82, 2.24) is 20.6 Å². The Hall–Kier alpha value is -3.53. The Kier molecular flexibility index (Phi) is 4.63. The van der Waals surface area contributed by atoms with Crippen molar-refractivity contribution >= 4 is 23.5 Å². The van der Waals surface area contributed by atoms with Crippen LogP contribution in [-0.4, -0.2) is 59.7 Å². The molecule has 10 heteroatoms. The Morgan fingerprint density at radius 1 is 1.19 bits per heavy atom. The van der Waals surface area contributed by atoms with Crippen molar-refractivity contribution in [3.8, 4) is 17.0 Å². The molecule has 2 saturated heterocycles. The Morgan fingerprint density at radius 2 is 1.94 bits per heavy atom. The van der Waals surface area contributed by atoms with Gasteiger partial charge in [-0.3, -0.25) is 30.2 Å². The molecule has 10 nitrogen and oxygen atoms in total. The molecule has 2 N–H and O–H groups in total. The number of rotatable bonds is 2. The monoisotopic (exact) mass is 437 g/mol. The zero-order valence-corrected chi connectivity index (χ0v) is 17.9. The first-order valence-electron chi connectivity index (χ1n) is 10.4. The first kappa shape index (κ1) is 20.4. The van der Waals surface area contributed by atoms with E-state index in [1.807, 2.05) is 24.8 Å². The average Bonchev–Trinajstić information content (AvgIpc) is 2.76. The first-order valence-corrected chi connectivity index (χ1v) is 10.4. The van der Waals surface area contributed by atoms with Gasteiger partial charge in [-0.2, -0.15) is 0 Å². The van der Waals surface area contributed by atoms with Crippen molar-refractivity contribution < 1.29 is 23.9 Å². The SMILES string of the molecule is COc1ccncc1-c1cc2c(cn1)N1C[C@@H](C)O[C@@H](C)[C@@H]1C1(C2)C(=O)NC(=O)NC1=O. The van der Waals surface area contributed by atoms with E-state index in [1.165, 1.54) is 0 Å². The summed E-state index contributed by atoms with van der Waals surface area (Å²) < 4.78 is 11.5. The van der Waals surface area contributed by atoms with Gasteiger partial charge in [-0.1, -0.05) is 0 Å².